The number of nitrogens with one attached hydrogen (secondary N) is 2. The van der Waals surface area contributed by atoms with Crippen LogP contribution in [-0.4, -0.2) is 45.7 Å². The highest BCUT2D eigenvalue weighted by molar-refractivity contribution is 8.00. The number of carbonyl (C=O) groups excluding carboxylic acids is 1. The molecule has 0 fully saturated rings. The molecule has 46 heavy (non-hydrogen) atoms. The van der Waals surface area contributed by atoms with Crippen LogP contribution in [0.15, 0.2) is 81.3 Å². The van der Waals surface area contributed by atoms with E-state index < -0.39 is 9.84 Å². The van der Waals surface area contributed by atoms with Crippen LogP contribution in [0.3, 0.4) is 0 Å². The van der Waals surface area contributed by atoms with Gasteiger partial charge >= 0.3 is 0 Å². The van der Waals surface area contributed by atoms with Gasteiger partial charge in [0.2, 0.25) is 0 Å². The number of sulfone groups is 1. The molecule has 2 N–H and O–H groups in total. The number of aryl methyl sites for hydroxylation is 1. The van der Waals surface area contributed by atoms with Crippen LogP contribution < -0.4 is 10.1 Å². The highest BCUT2D eigenvalue weighted by Gasteiger charge is 2.16. The van der Waals surface area contributed by atoms with E-state index in [0.717, 1.165) is 27.6 Å². The number of anilines is 1. The summed E-state index contributed by atoms with van der Waals surface area (Å²) >= 11 is 9.20. The van der Waals surface area contributed by atoms with E-state index in [0.29, 0.717) is 52.4 Å². The Hall–Kier alpha value is -3.78. The first-order valence-electron chi connectivity index (χ1n) is 14.6. The second kappa shape index (κ2) is 15.7. The van der Waals surface area contributed by atoms with Gasteiger partial charge in [-0.05, 0) is 95.3 Å². The lowest BCUT2D eigenvalue weighted by Crippen LogP contribution is -2.14. The van der Waals surface area contributed by atoms with Gasteiger partial charge in [0.15, 0.2) is 15.7 Å². The van der Waals surface area contributed by atoms with E-state index in [4.69, 9.17) is 21.3 Å². The van der Waals surface area contributed by atoms with Crippen molar-refractivity contribution < 1.29 is 17.9 Å². The third-order valence-corrected chi connectivity index (χ3v) is 11.0. The van der Waals surface area contributed by atoms with Crippen LogP contribution in [0.2, 0.25) is 5.02 Å². The molecule has 0 unspecified atom stereocenters. The summed E-state index contributed by atoms with van der Waals surface area (Å²) < 4.78 is 32.5. The molecule has 2 heterocycles. The van der Waals surface area contributed by atoms with Crippen LogP contribution >= 0.6 is 34.7 Å². The van der Waals surface area contributed by atoms with Crippen LogP contribution in [-0.2, 0) is 35.0 Å². The first kappa shape index (κ1) is 33.6. The number of H-pyrrole nitrogens is 1. The van der Waals surface area contributed by atoms with Crippen molar-refractivity contribution in [2.45, 2.75) is 54.7 Å². The van der Waals surface area contributed by atoms with E-state index in [9.17, 15) is 13.2 Å². The number of benzene rings is 3. The van der Waals surface area contributed by atoms with E-state index in [1.807, 2.05) is 24.3 Å². The van der Waals surface area contributed by atoms with Crippen molar-refractivity contribution >= 4 is 56.1 Å². The number of amides is 1. The van der Waals surface area contributed by atoms with Gasteiger partial charge in [-0.25, -0.2) is 18.5 Å². The number of tetrazole rings is 1. The Bertz CT molecular complexity index is 1860. The summed E-state index contributed by atoms with van der Waals surface area (Å²) in [6.45, 7) is 4.43. The molecule has 0 aliphatic carbocycles. The summed E-state index contributed by atoms with van der Waals surface area (Å²) in [6.07, 6.45) is 1.82. The Balaban J connectivity index is 1.26. The van der Waals surface area contributed by atoms with E-state index in [-0.39, 0.29) is 23.2 Å². The fourth-order valence-electron chi connectivity index (χ4n) is 4.58. The molecular weight excluding hydrogens is 664 g/mol. The number of aromatic nitrogens is 5. The summed E-state index contributed by atoms with van der Waals surface area (Å²) in [7, 11) is -3.47. The maximum Gasteiger partial charge on any atom is 0.255 e. The number of ether oxygens (including phenoxy) is 1. The van der Waals surface area contributed by atoms with Crippen LogP contribution in [0.5, 0.6) is 5.75 Å². The summed E-state index contributed by atoms with van der Waals surface area (Å²) in [5, 5.41) is 19.2. The predicted molar refractivity (Wildman–Crippen MR) is 181 cm³/mol. The van der Waals surface area contributed by atoms with E-state index >= 15 is 0 Å². The van der Waals surface area contributed by atoms with Gasteiger partial charge in [-0.3, -0.25) is 4.79 Å². The number of thiazole rings is 1. The quantitative estimate of drug-likeness (QED) is 0.110. The molecule has 0 atom stereocenters. The van der Waals surface area contributed by atoms with Crippen molar-refractivity contribution in [2.24, 2.45) is 5.92 Å². The minimum Gasteiger partial charge on any atom is -0.483 e. The minimum atomic E-state index is -3.47. The van der Waals surface area contributed by atoms with Crippen LogP contribution in [0, 0.1) is 5.92 Å². The summed E-state index contributed by atoms with van der Waals surface area (Å²) in [5.41, 5.74) is 3.92. The van der Waals surface area contributed by atoms with Gasteiger partial charge in [-0.15, -0.1) is 16.4 Å². The molecule has 0 spiro atoms. The molecule has 1 amide bonds. The molecule has 240 valence electrons. The molecule has 2 aromatic heterocycles. The fourth-order valence-corrected chi connectivity index (χ4v) is 7.81. The molecule has 0 bridgehead atoms. The number of thioether (sulfide) groups is 1. The zero-order valence-electron chi connectivity index (χ0n) is 25.3. The van der Waals surface area contributed by atoms with Crippen molar-refractivity contribution in [3.8, 4) is 5.75 Å². The summed E-state index contributed by atoms with van der Waals surface area (Å²) in [5.74, 6) is 1.76. The number of nitrogens with zero attached hydrogens (tertiary/aromatic N) is 4. The minimum absolute atomic E-state index is 0.0299. The smallest absolute Gasteiger partial charge is 0.255 e. The van der Waals surface area contributed by atoms with E-state index in [1.165, 1.54) is 12.1 Å². The maximum atomic E-state index is 13.5. The van der Waals surface area contributed by atoms with Gasteiger partial charge in [0.25, 0.3) is 5.91 Å². The number of aromatic amines is 1. The number of rotatable bonds is 15. The summed E-state index contributed by atoms with van der Waals surface area (Å²) in [6, 6.07) is 19.0. The predicted octanol–water partition coefficient (Wildman–Crippen LogP) is 7.04. The standard InChI is InChI=1S/C32H33ClN6O4S3/c1-21(2)15-26-20-45-32(34-26)44-19-23-5-3-7-24(16-23)31(40)35-28-17-22(8-13-29(28)43-18-30-36-38-39-37-30)6-4-14-46(41,42)27-11-9-25(33)10-12-27/h3,5,7-13,16-17,20-21H,4,6,14-15,18-19H2,1-2H3,(H,35,40)(H,36,37,38,39). The van der Waals surface area contributed by atoms with Gasteiger partial charge in [0.1, 0.15) is 16.7 Å². The second-order valence-electron chi connectivity index (χ2n) is 11.0. The molecule has 0 saturated heterocycles. The number of carbonyl (C=O) groups is 1. The van der Waals surface area contributed by atoms with Gasteiger partial charge in [0, 0.05) is 21.7 Å². The first-order chi connectivity index (χ1) is 22.1. The van der Waals surface area contributed by atoms with Gasteiger partial charge in [-0.2, -0.15) is 0 Å². The molecule has 5 rings (SSSR count). The topological polar surface area (TPSA) is 140 Å². The van der Waals surface area contributed by atoms with Crippen LogP contribution in [0.25, 0.3) is 0 Å². The SMILES string of the molecule is CC(C)Cc1csc(SCc2cccc(C(=O)Nc3cc(CCCS(=O)(=O)c4ccc(Cl)cc4)ccc3OCc3nnn[nH]3)c2)n1. The summed E-state index contributed by atoms with van der Waals surface area (Å²) in [4.78, 5) is 18.4. The molecule has 10 nitrogen and oxygen atoms in total. The van der Waals surface area contributed by atoms with Crippen LogP contribution in [0.4, 0.5) is 5.69 Å². The molecule has 14 heteroatoms. The molecule has 0 radical (unpaired) electrons. The average molecular weight is 697 g/mol. The van der Waals surface area contributed by atoms with Crippen molar-refractivity contribution in [3.05, 3.63) is 105 Å². The maximum absolute atomic E-state index is 13.5. The third-order valence-electron chi connectivity index (χ3n) is 6.80. The Morgan fingerprint density at radius 1 is 1.09 bits per heavy atom. The van der Waals surface area contributed by atoms with E-state index in [1.54, 1.807) is 53.4 Å². The number of halogens is 1. The number of hydrogen-bond donors (Lipinski definition) is 2. The highest BCUT2D eigenvalue weighted by atomic mass is 35.5. The largest absolute Gasteiger partial charge is 0.483 e. The van der Waals surface area contributed by atoms with Gasteiger partial charge < -0.3 is 10.1 Å². The van der Waals surface area contributed by atoms with Crippen LogP contribution in [0.1, 0.15) is 53.3 Å². The van der Waals surface area contributed by atoms with Crippen molar-refractivity contribution in [3.63, 3.8) is 0 Å². The third kappa shape index (κ3) is 9.61. The van der Waals surface area contributed by atoms with Gasteiger partial charge in [-0.1, -0.05) is 55.4 Å². The Morgan fingerprint density at radius 2 is 1.91 bits per heavy atom. The Labute approximate surface area is 281 Å². The molecule has 0 aliphatic rings. The zero-order chi connectivity index (χ0) is 32.5. The molecule has 0 saturated carbocycles. The second-order valence-corrected chi connectivity index (χ2v) is 15.6. The van der Waals surface area contributed by atoms with Crippen molar-refractivity contribution in [2.75, 3.05) is 11.1 Å². The van der Waals surface area contributed by atoms with Crippen molar-refractivity contribution in [1.82, 2.24) is 25.6 Å². The molecule has 5 aromatic rings. The normalized spacial score (nSPS) is 11.6. The lowest BCUT2D eigenvalue weighted by atomic mass is 10.1. The monoisotopic (exact) mass is 696 g/mol. The zero-order valence-corrected chi connectivity index (χ0v) is 28.5. The lowest BCUT2D eigenvalue weighted by Gasteiger charge is -2.14. The lowest BCUT2D eigenvalue weighted by molar-refractivity contribution is 0.102. The first-order valence-corrected chi connectivity index (χ1v) is 18.5. The molecule has 0 aliphatic heterocycles. The fraction of sp³-hybridized carbons (Fsp3) is 0.281. The van der Waals surface area contributed by atoms with E-state index in [2.05, 4.69) is 45.2 Å². The highest BCUT2D eigenvalue weighted by Crippen LogP contribution is 2.30. The molecular formula is C32H33ClN6O4S3. The Morgan fingerprint density at radius 3 is 2.67 bits per heavy atom. The molecule has 3 aromatic carbocycles. The van der Waals surface area contributed by atoms with Crippen molar-refractivity contribution in [1.29, 1.82) is 0 Å². The average Bonchev–Trinajstić information content (AvgIpc) is 3.72. The van der Waals surface area contributed by atoms with Gasteiger partial charge in [0.05, 0.1) is 22.0 Å². The Kier molecular flexibility index (Phi) is 11.4. The number of hydrogen-bond acceptors (Lipinski definition) is 10.